The molecule has 0 N–H and O–H groups in total. The number of aryl methyl sites for hydroxylation is 1. The van der Waals surface area contributed by atoms with E-state index < -0.39 is 0 Å². The minimum atomic E-state index is 0.751. The van der Waals surface area contributed by atoms with Gasteiger partial charge in [0.15, 0.2) is 0 Å². The van der Waals surface area contributed by atoms with E-state index in [1.165, 1.54) is 0 Å². The highest BCUT2D eigenvalue weighted by molar-refractivity contribution is 6.33. The predicted molar refractivity (Wildman–Crippen MR) is 63.5 cm³/mol. The summed E-state index contributed by atoms with van der Waals surface area (Å²) in [5, 5.41) is 0.751. The molecule has 1 heterocycles. The lowest BCUT2D eigenvalue weighted by atomic mass is 10.1. The first-order valence-corrected chi connectivity index (χ1v) is 4.91. The highest BCUT2D eigenvalue weighted by atomic mass is 35.5. The molecular weight excluding hydrogens is 194 g/mol. The van der Waals surface area contributed by atoms with Crippen LogP contribution in [0.25, 0.3) is 12.2 Å². The maximum Gasteiger partial charge on any atom is 0.0716 e. The van der Waals surface area contributed by atoms with Crippen molar-refractivity contribution in [2.45, 2.75) is 20.8 Å². The topological polar surface area (TPSA) is 12.9 Å². The largest absolute Gasteiger partial charge is 0.253 e. The Kier molecular flexibility index (Phi) is 3.48. The molecule has 0 unspecified atom stereocenters. The summed E-state index contributed by atoms with van der Waals surface area (Å²) in [7, 11) is 0. The molecule has 1 nitrogen and oxygen atoms in total. The monoisotopic (exact) mass is 207 g/mol. The molecular formula is C12H14ClN. The second kappa shape index (κ2) is 4.43. The lowest BCUT2D eigenvalue weighted by molar-refractivity contribution is 1.13. The van der Waals surface area contributed by atoms with Gasteiger partial charge in [0.05, 0.1) is 10.7 Å². The molecule has 74 valence electrons. The van der Waals surface area contributed by atoms with Gasteiger partial charge in [-0.1, -0.05) is 30.3 Å². The van der Waals surface area contributed by atoms with E-state index in [2.05, 4.69) is 11.6 Å². The maximum atomic E-state index is 6.19. The minimum Gasteiger partial charge on any atom is -0.253 e. The fourth-order valence-electron chi connectivity index (χ4n) is 1.28. The van der Waals surface area contributed by atoms with Crippen molar-refractivity contribution in [1.82, 2.24) is 4.98 Å². The Morgan fingerprint density at radius 1 is 1.36 bits per heavy atom. The van der Waals surface area contributed by atoms with E-state index in [-0.39, 0.29) is 0 Å². The molecule has 0 bridgehead atoms. The number of hydrogen-bond acceptors (Lipinski definition) is 1. The number of halogens is 1. The smallest absolute Gasteiger partial charge is 0.0716 e. The van der Waals surface area contributed by atoms with Gasteiger partial charge < -0.3 is 0 Å². The van der Waals surface area contributed by atoms with Gasteiger partial charge >= 0.3 is 0 Å². The fraction of sp³-hybridized carbons (Fsp3) is 0.250. The van der Waals surface area contributed by atoms with Gasteiger partial charge in [-0.05, 0) is 32.4 Å². The van der Waals surface area contributed by atoms with Gasteiger partial charge in [-0.3, -0.25) is 4.98 Å². The van der Waals surface area contributed by atoms with Gasteiger partial charge in [-0.2, -0.15) is 0 Å². The summed E-state index contributed by atoms with van der Waals surface area (Å²) < 4.78 is 0. The number of rotatable bonds is 2. The molecule has 0 aromatic carbocycles. The van der Waals surface area contributed by atoms with Crippen LogP contribution in [-0.4, -0.2) is 4.98 Å². The summed E-state index contributed by atoms with van der Waals surface area (Å²) >= 11 is 6.19. The van der Waals surface area contributed by atoms with E-state index in [1.54, 1.807) is 6.08 Å². The summed E-state index contributed by atoms with van der Waals surface area (Å²) in [4.78, 5) is 4.45. The van der Waals surface area contributed by atoms with E-state index in [4.69, 9.17) is 11.6 Å². The van der Waals surface area contributed by atoms with Crippen LogP contribution in [0.3, 0.4) is 0 Å². The van der Waals surface area contributed by atoms with Gasteiger partial charge in [0.25, 0.3) is 0 Å². The molecule has 14 heavy (non-hydrogen) atoms. The van der Waals surface area contributed by atoms with E-state index >= 15 is 0 Å². The van der Waals surface area contributed by atoms with Crippen LogP contribution in [0.5, 0.6) is 0 Å². The van der Waals surface area contributed by atoms with Crippen LogP contribution in [0.15, 0.2) is 12.7 Å². The number of aromatic nitrogens is 1. The van der Waals surface area contributed by atoms with Crippen LogP contribution < -0.4 is 0 Å². The van der Waals surface area contributed by atoms with Crippen LogP contribution in [0.4, 0.5) is 0 Å². The zero-order valence-corrected chi connectivity index (χ0v) is 9.52. The Morgan fingerprint density at radius 2 is 2.00 bits per heavy atom. The summed E-state index contributed by atoms with van der Waals surface area (Å²) in [6.45, 7) is 9.63. The molecule has 0 aliphatic carbocycles. The van der Waals surface area contributed by atoms with Gasteiger partial charge in [-0.25, -0.2) is 0 Å². The Balaban J connectivity index is 3.51. The molecule has 1 rings (SSSR count). The standard InChI is InChI=1S/C12H14ClN/c1-5-7-11-10(6-2)12(13)8(3)9(4)14-11/h5-7H,2H2,1,3-4H3/b7-5-. The third kappa shape index (κ3) is 1.88. The fourth-order valence-corrected chi connectivity index (χ4v) is 1.59. The average molecular weight is 208 g/mol. The summed E-state index contributed by atoms with van der Waals surface area (Å²) in [5.41, 5.74) is 3.78. The molecule has 2 heteroatoms. The molecule has 0 amide bonds. The molecule has 0 saturated heterocycles. The normalized spacial score (nSPS) is 10.9. The first kappa shape index (κ1) is 11.0. The SMILES string of the molecule is C=Cc1c(/C=C\C)nc(C)c(C)c1Cl. The lowest BCUT2D eigenvalue weighted by Crippen LogP contribution is -1.96. The van der Waals surface area contributed by atoms with Crippen LogP contribution >= 0.6 is 11.6 Å². The van der Waals surface area contributed by atoms with Crippen molar-refractivity contribution in [3.05, 3.63) is 40.2 Å². The molecule has 0 radical (unpaired) electrons. The van der Waals surface area contributed by atoms with Gasteiger partial charge in [0.1, 0.15) is 0 Å². The van der Waals surface area contributed by atoms with Crippen molar-refractivity contribution in [2.75, 3.05) is 0 Å². The maximum absolute atomic E-state index is 6.19. The van der Waals surface area contributed by atoms with E-state index in [9.17, 15) is 0 Å². The minimum absolute atomic E-state index is 0.751. The van der Waals surface area contributed by atoms with Crippen molar-refractivity contribution in [3.63, 3.8) is 0 Å². The molecule has 0 aliphatic rings. The van der Waals surface area contributed by atoms with Crippen molar-refractivity contribution in [2.24, 2.45) is 0 Å². The van der Waals surface area contributed by atoms with Crippen molar-refractivity contribution < 1.29 is 0 Å². The van der Waals surface area contributed by atoms with Crippen molar-refractivity contribution in [3.8, 4) is 0 Å². The second-order valence-corrected chi connectivity index (χ2v) is 3.52. The van der Waals surface area contributed by atoms with Gasteiger partial charge in [0, 0.05) is 11.3 Å². The highest BCUT2D eigenvalue weighted by Gasteiger charge is 2.08. The molecule has 0 saturated carbocycles. The zero-order chi connectivity index (χ0) is 10.7. The zero-order valence-electron chi connectivity index (χ0n) is 8.76. The first-order valence-electron chi connectivity index (χ1n) is 4.53. The molecule has 0 atom stereocenters. The predicted octanol–water partition coefficient (Wildman–Crippen LogP) is 4.03. The van der Waals surface area contributed by atoms with Crippen LogP contribution in [0, 0.1) is 13.8 Å². The Labute approximate surface area is 90.1 Å². The summed E-state index contributed by atoms with van der Waals surface area (Å²) in [6.07, 6.45) is 5.63. The van der Waals surface area contributed by atoms with Crippen LogP contribution in [0.1, 0.15) is 29.4 Å². The number of nitrogens with zero attached hydrogens (tertiary/aromatic N) is 1. The third-order valence-corrected chi connectivity index (χ3v) is 2.69. The molecule has 1 aromatic rings. The highest BCUT2D eigenvalue weighted by Crippen LogP contribution is 2.26. The van der Waals surface area contributed by atoms with E-state index in [1.807, 2.05) is 32.9 Å². The number of allylic oxidation sites excluding steroid dienone is 1. The van der Waals surface area contributed by atoms with E-state index in [0.29, 0.717) is 0 Å². The van der Waals surface area contributed by atoms with Crippen LogP contribution in [0.2, 0.25) is 5.02 Å². The van der Waals surface area contributed by atoms with Crippen molar-refractivity contribution >= 4 is 23.8 Å². The molecule has 0 aliphatic heterocycles. The van der Waals surface area contributed by atoms with Gasteiger partial charge in [-0.15, -0.1) is 0 Å². The van der Waals surface area contributed by atoms with Crippen molar-refractivity contribution in [1.29, 1.82) is 0 Å². The quantitative estimate of drug-likeness (QED) is 0.714. The summed E-state index contributed by atoms with van der Waals surface area (Å²) in [5.74, 6) is 0. The van der Waals surface area contributed by atoms with E-state index in [0.717, 1.165) is 27.5 Å². The van der Waals surface area contributed by atoms with Crippen LogP contribution in [-0.2, 0) is 0 Å². The second-order valence-electron chi connectivity index (χ2n) is 3.14. The number of pyridine rings is 1. The molecule has 0 spiro atoms. The lowest BCUT2D eigenvalue weighted by Gasteiger charge is -2.09. The Hall–Kier alpha value is -1.08. The molecule has 0 fully saturated rings. The van der Waals surface area contributed by atoms with Gasteiger partial charge in [0.2, 0.25) is 0 Å². The Morgan fingerprint density at radius 3 is 2.50 bits per heavy atom. The summed E-state index contributed by atoms with van der Waals surface area (Å²) in [6, 6.07) is 0. The number of hydrogen-bond donors (Lipinski definition) is 0. The third-order valence-electron chi connectivity index (χ3n) is 2.20. The average Bonchev–Trinajstić information content (AvgIpc) is 2.16. The first-order chi connectivity index (χ1) is 6.61. The molecule has 1 aromatic heterocycles. The Bertz CT molecular complexity index is 392.